The van der Waals surface area contributed by atoms with E-state index in [1.807, 2.05) is 6.07 Å². The highest BCUT2D eigenvalue weighted by molar-refractivity contribution is 5.58. The van der Waals surface area contributed by atoms with Crippen LogP contribution in [0.4, 0.5) is 11.4 Å². The number of benzene rings is 1. The van der Waals surface area contributed by atoms with Gasteiger partial charge in [0.2, 0.25) is 0 Å². The molecule has 1 aromatic carbocycles. The van der Waals surface area contributed by atoms with Crippen LogP contribution in [-0.4, -0.2) is 18.6 Å². The third-order valence-electron chi connectivity index (χ3n) is 4.36. The van der Waals surface area contributed by atoms with Crippen LogP contribution in [0.15, 0.2) is 30.4 Å². The summed E-state index contributed by atoms with van der Waals surface area (Å²) in [7, 11) is 1.44. The van der Waals surface area contributed by atoms with Crippen molar-refractivity contribution in [1.29, 1.82) is 0 Å². The Kier molecular flexibility index (Phi) is 3.34. The first-order valence-corrected chi connectivity index (χ1v) is 6.92. The fraction of sp³-hybridized carbons (Fsp3) is 0.467. The van der Waals surface area contributed by atoms with Crippen molar-refractivity contribution in [2.75, 3.05) is 19.0 Å². The van der Waals surface area contributed by atoms with Gasteiger partial charge < -0.3 is 10.1 Å². The van der Waals surface area contributed by atoms with Gasteiger partial charge in [0.15, 0.2) is 5.75 Å². The van der Waals surface area contributed by atoms with Crippen molar-refractivity contribution < 1.29 is 9.66 Å². The minimum Gasteiger partial charge on any atom is -0.490 e. The molecule has 2 aliphatic rings. The topological polar surface area (TPSA) is 64.4 Å². The first kappa shape index (κ1) is 13.0. The van der Waals surface area contributed by atoms with E-state index in [2.05, 4.69) is 17.5 Å². The highest BCUT2D eigenvalue weighted by Gasteiger charge is 2.35. The van der Waals surface area contributed by atoms with E-state index in [1.54, 1.807) is 12.1 Å². The third-order valence-corrected chi connectivity index (χ3v) is 4.36. The fourth-order valence-corrected chi connectivity index (χ4v) is 3.32. The number of anilines is 1. The molecule has 106 valence electrons. The average Bonchev–Trinajstić information content (AvgIpc) is 3.07. The molecule has 1 saturated carbocycles. The van der Waals surface area contributed by atoms with Crippen LogP contribution < -0.4 is 10.1 Å². The van der Waals surface area contributed by atoms with Gasteiger partial charge in [0.05, 0.1) is 12.0 Å². The summed E-state index contributed by atoms with van der Waals surface area (Å²) in [6, 6.07) is 5.01. The maximum atomic E-state index is 11.0. The number of nitrogens with zero attached hydrogens (tertiary/aromatic N) is 1. The predicted octanol–water partition coefficient (Wildman–Crippen LogP) is 3.23. The van der Waals surface area contributed by atoms with Crippen molar-refractivity contribution in [3.63, 3.8) is 0 Å². The van der Waals surface area contributed by atoms with Crippen LogP contribution in [0.1, 0.15) is 12.8 Å². The molecule has 3 rings (SSSR count). The Morgan fingerprint density at radius 2 is 2.25 bits per heavy atom. The number of hydrogen-bond donors (Lipinski definition) is 1. The van der Waals surface area contributed by atoms with E-state index in [0.29, 0.717) is 17.6 Å². The Labute approximate surface area is 117 Å². The Morgan fingerprint density at radius 3 is 2.85 bits per heavy atom. The second-order valence-corrected chi connectivity index (χ2v) is 5.56. The first-order chi connectivity index (χ1) is 9.67. The van der Waals surface area contributed by atoms with Gasteiger partial charge in [0, 0.05) is 18.3 Å². The van der Waals surface area contributed by atoms with Crippen LogP contribution in [0.2, 0.25) is 0 Å². The minimum atomic E-state index is -0.412. The zero-order chi connectivity index (χ0) is 14.1. The lowest BCUT2D eigenvalue weighted by Crippen LogP contribution is -2.18. The molecule has 2 aliphatic carbocycles. The van der Waals surface area contributed by atoms with Crippen LogP contribution in [0.3, 0.4) is 0 Å². The van der Waals surface area contributed by atoms with Crippen molar-refractivity contribution in [3.8, 4) is 5.75 Å². The summed E-state index contributed by atoms with van der Waals surface area (Å²) in [5.74, 6) is 2.37. The van der Waals surface area contributed by atoms with Gasteiger partial charge in [-0.1, -0.05) is 12.2 Å². The Bertz CT molecular complexity index is 556. The van der Waals surface area contributed by atoms with Crippen molar-refractivity contribution in [2.45, 2.75) is 12.8 Å². The van der Waals surface area contributed by atoms with Gasteiger partial charge in [-0.25, -0.2) is 0 Å². The second-order valence-electron chi connectivity index (χ2n) is 5.56. The van der Waals surface area contributed by atoms with Gasteiger partial charge in [-0.15, -0.1) is 0 Å². The molecule has 1 aromatic rings. The molecule has 0 heterocycles. The minimum absolute atomic E-state index is 0.00494. The van der Waals surface area contributed by atoms with Gasteiger partial charge in [-0.3, -0.25) is 10.1 Å². The Balaban J connectivity index is 1.67. The van der Waals surface area contributed by atoms with Crippen LogP contribution in [-0.2, 0) is 0 Å². The molecule has 1 fully saturated rings. The summed E-state index contributed by atoms with van der Waals surface area (Å²) < 4.78 is 5.00. The number of fused-ring (bicyclic) bond motifs is 2. The van der Waals surface area contributed by atoms with E-state index in [4.69, 9.17) is 4.74 Å². The number of hydrogen-bond acceptors (Lipinski definition) is 4. The van der Waals surface area contributed by atoms with E-state index in [9.17, 15) is 10.1 Å². The van der Waals surface area contributed by atoms with Crippen LogP contribution in [0.25, 0.3) is 0 Å². The summed E-state index contributed by atoms with van der Waals surface area (Å²) in [5, 5.41) is 14.3. The number of nitro benzene ring substituents is 1. The molecule has 5 nitrogen and oxygen atoms in total. The molecule has 3 atom stereocenters. The van der Waals surface area contributed by atoms with Crippen LogP contribution >= 0.6 is 0 Å². The number of allylic oxidation sites excluding steroid dienone is 2. The molecule has 5 heteroatoms. The number of rotatable bonds is 5. The highest BCUT2D eigenvalue weighted by Crippen LogP contribution is 2.43. The summed E-state index contributed by atoms with van der Waals surface area (Å²) in [6.07, 6.45) is 7.14. The molecule has 1 N–H and O–H groups in total. The molecule has 0 aliphatic heterocycles. The van der Waals surface area contributed by atoms with E-state index in [0.717, 1.165) is 18.2 Å². The summed E-state index contributed by atoms with van der Waals surface area (Å²) >= 11 is 0. The van der Waals surface area contributed by atoms with Crippen LogP contribution in [0, 0.1) is 27.9 Å². The lowest BCUT2D eigenvalue weighted by Gasteiger charge is -2.19. The fourth-order valence-electron chi connectivity index (χ4n) is 3.32. The van der Waals surface area contributed by atoms with E-state index < -0.39 is 4.92 Å². The summed E-state index contributed by atoms with van der Waals surface area (Å²) in [4.78, 5) is 10.6. The molecule has 0 saturated heterocycles. The standard InChI is InChI=1S/C15H18N2O3/c1-20-15-5-4-13(8-14(15)17(18)19)16-9-12-7-10-2-3-11(12)6-10/h2-5,8,10-12,16H,6-7,9H2,1H3. The molecular formula is C15H18N2O3. The van der Waals surface area contributed by atoms with Gasteiger partial charge >= 0.3 is 5.69 Å². The second kappa shape index (κ2) is 5.15. The Hall–Kier alpha value is -2.04. The number of methoxy groups -OCH3 is 1. The smallest absolute Gasteiger partial charge is 0.312 e. The van der Waals surface area contributed by atoms with Gasteiger partial charge in [0.25, 0.3) is 0 Å². The summed E-state index contributed by atoms with van der Waals surface area (Å²) in [5.41, 5.74) is 0.787. The van der Waals surface area contributed by atoms with Gasteiger partial charge in [0.1, 0.15) is 0 Å². The zero-order valence-corrected chi connectivity index (χ0v) is 11.4. The molecule has 20 heavy (non-hydrogen) atoms. The molecular weight excluding hydrogens is 256 g/mol. The monoisotopic (exact) mass is 274 g/mol. The lowest BCUT2D eigenvalue weighted by molar-refractivity contribution is -0.385. The number of nitrogens with one attached hydrogen (secondary N) is 1. The van der Waals surface area contributed by atoms with E-state index in [1.165, 1.54) is 20.0 Å². The molecule has 0 radical (unpaired) electrons. The third kappa shape index (κ3) is 2.35. The molecule has 0 amide bonds. The van der Waals surface area contributed by atoms with E-state index >= 15 is 0 Å². The van der Waals surface area contributed by atoms with Crippen molar-refractivity contribution in [2.24, 2.45) is 17.8 Å². The van der Waals surface area contributed by atoms with Crippen molar-refractivity contribution >= 4 is 11.4 Å². The predicted molar refractivity (Wildman–Crippen MR) is 77.0 cm³/mol. The average molecular weight is 274 g/mol. The summed E-state index contributed by atoms with van der Waals surface area (Å²) in [6.45, 7) is 0.870. The number of ether oxygens (including phenoxy) is 1. The molecule has 0 aromatic heterocycles. The first-order valence-electron chi connectivity index (χ1n) is 6.92. The normalized spacial score (nSPS) is 26.8. The number of nitro groups is 1. The zero-order valence-electron chi connectivity index (χ0n) is 11.4. The molecule has 2 bridgehead atoms. The maximum absolute atomic E-state index is 11.0. The lowest BCUT2D eigenvalue weighted by atomic mass is 9.93. The molecule has 3 unspecified atom stereocenters. The van der Waals surface area contributed by atoms with Gasteiger partial charge in [-0.2, -0.15) is 0 Å². The van der Waals surface area contributed by atoms with Crippen molar-refractivity contribution in [1.82, 2.24) is 0 Å². The maximum Gasteiger partial charge on any atom is 0.312 e. The van der Waals surface area contributed by atoms with Crippen molar-refractivity contribution in [3.05, 3.63) is 40.5 Å². The SMILES string of the molecule is COc1ccc(NCC2CC3C=CC2C3)cc1[N+](=O)[O-]. The Morgan fingerprint density at radius 1 is 1.40 bits per heavy atom. The molecule has 0 spiro atoms. The van der Waals surface area contributed by atoms with Gasteiger partial charge in [-0.05, 0) is 42.7 Å². The highest BCUT2D eigenvalue weighted by atomic mass is 16.6. The quantitative estimate of drug-likeness (QED) is 0.508. The van der Waals surface area contributed by atoms with E-state index in [-0.39, 0.29) is 5.69 Å². The largest absolute Gasteiger partial charge is 0.490 e. The van der Waals surface area contributed by atoms with Crippen LogP contribution in [0.5, 0.6) is 5.75 Å².